The zero-order chi connectivity index (χ0) is 25.8. The standard InChI is InChI=1S/C28H29Cl2NO4/c1-17(2)34-24-16-19(18-9-7-6-8-10-18)11-13-21(24)26(32)25(31-27(33)35-28(3,4)5)20-12-14-22(29)23(30)15-20/h6-17,25H,1-5H3,(H,31,33). The van der Waals surface area contributed by atoms with E-state index in [0.29, 0.717) is 21.9 Å². The maximum Gasteiger partial charge on any atom is 0.408 e. The van der Waals surface area contributed by atoms with Crippen LogP contribution >= 0.6 is 23.2 Å². The molecule has 0 saturated carbocycles. The number of hydrogen-bond donors (Lipinski definition) is 1. The fraction of sp³-hybridized carbons (Fsp3) is 0.286. The Morgan fingerprint density at radius 1 is 0.857 bits per heavy atom. The van der Waals surface area contributed by atoms with Crippen molar-refractivity contribution in [2.24, 2.45) is 0 Å². The molecule has 0 aliphatic rings. The van der Waals surface area contributed by atoms with Gasteiger partial charge < -0.3 is 14.8 Å². The van der Waals surface area contributed by atoms with Crippen LogP contribution in [0.4, 0.5) is 4.79 Å². The van der Waals surface area contributed by atoms with E-state index < -0.39 is 17.7 Å². The highest BCUT2D eigenvalue weighted by Gasteiger charge is 2.29. The minimum Gasteiger partial charge on any atom is -0.490 e. The molecular weight excluding hydrogens is 485 g/mol. The van der Waals surface area contributed by atoms with Crippen molar-refractivity contribution >= 4 is 35.1 Å². The van der Waals surface area contributed by atoms with Crippen molar-refractivity contribution in [3.63, 3.8) is 0 Å². The van der Waals surface area contributed by atoms with Gasteiger partial charge in [0.25, 0.3) is 0 Å². The predicted octanol–water partition coefficient (Wildman–Crippen LogP) is 7.90. The molecule has 0 aliphatic heterocycles. The van der Waals surface area contributed by atoms with E-state index in [9.17, 15) is 9.59 Å². The fourth-order valence-electron chi connectivity index (χ4n) is 3.46. The summed E-state index contributed by atoms with van der Waals surface area (Å²) < 4.78 is 11.4. The Labute approximate surface area is 216 Å². The first kappa shape index (κ1) is 26.6. The van der Waals surface area contributed by atoms with Gasteiger partial charge in [0, 0.05) is 0 Å². The Hall–Kier alpha value is -3.02. The Balaban J connectivity index is 2.06. The first-order valence-electron chi connectivity index (χ1n) is 11.3. The average molecular weight is 514 g/mol. The molecule has 35 heavy (non-hydrogen) atoms. The molecule has 0 saturated heterocycles. The molecule has 0 radical (unpaired) electrons. The highest BCUT2D eigenvalue weighted by molar-refractivity contribution is 6.42. The second-order valence-electron chi connectivity index (χ2n) is 9.36. The third kappa shape index (κ3) is 7.23. The zero-order valence-corrected chi connectivity index (χ0v) is 21.9. The van der Waals surface area contributed by atoms with Crippen LogP contribution in [-0.2, 0) is 4.74 Å². The molecule has 0 spiro atoms. The van der Waals surface area contributed by atoms with Gasteiger partial charge in [-0.25, -0.2) is 4.79 Å². The number of hydrogen-bond acceptors (Lipinski definition) is 4. The number of nitrogens with one attached hydrogen (secondary N) is 1. The lowest BCUT2D eigenvalue weighted by Gasteiger charge is -2.24. The molecule has 3 aromatic carbocycles. The monoisotopic (exact) mass is 513 g/mol. The molecule has 3 aromatic rings. The lowest BCUT2D eigenvalue weighted by molar-refractivity contribution is 0.0490. The Morgan fingerprint density at radius 2 is 1.54 bits per heavy atom. The van der Waals surface area contributed by atoms with Crippen LogP contribution in [0.15, 0.2) is 66.7 Å². The second kappa shape index (κ2) is 11.1. The van der Waals surface area contributed by atoms with Crippen LogP contribution in [0.2, 0.25) is 10.0 Å². The summed E-state index contributed by atoms with van der Waals surface area (Å²) in [4.78, 5) is 26.5. The van der Waals surface area contributed by atoms with Crippen molar-refractivity contribution in [2.75, 3.05) is 0 Å². The van der Waals surface area contributed by atoms with Gasteiger partial charge in [0.2, 0.25) is 0 Å². The van der Waals surface area contributed by atoms with Crippen LogP contribution < -0.4 is 10.1 Å². The van der Waals surface area contributed by atoms with Gasteiger partial charge in [0.05, 0.1) is 21.7 Å². The Morgan fingerprint density at radius 3 is 2.14 bits per heavy atom. The number of carbonyl (C=O) groups excluding carboxylic acids is 2. The van der Waals surface area contributed by atoms with Crippen molar-refractivity contribution in [1.82, 2.24) is 5.32 Å². The van der Waals surface area contributed by atoms with Crippen LogP contribution in [0.25, 0.3) is 11.1 Å². The molecule has 1 unspecified atom stereocenters. The van der Waals surface area contributed by atoms with Gasteiger partial charge in [0.15, 0.2) is 5.78 Å². The van der Waals surface area contributed by atoms with Gasteiger partial charge in [-0.15, -0.1) is 0 Å². The smallest absolute Gasteiger partial charge is 0.408 e. The second-order valence-corrected chi connectivity index (χ2v) is 10.2. The van der Waals surface area contributed by atoms with E-state index in [0.717, 1.165) is 11.1 Å². The van der Waals surface area contributed by atoms with E-state index in [1.54, 1.807) is 45.0 Å². The molecule has 1 atom stereocenters. The number of ether oxygens (including phenoxy) is 2. The lowest BCUT2D eigenvalue weighted by atomic mass is 9.94. The number of rotatable bonds is 7. The molecule has 0 aliphatic carbocycles. The summed E-state index contributed by atoms with van der Waals surface area (Å²) in [6.45, 7) is 9.02. The van der Waals surface area contributed by atoms with Gasteiger partial charge in [-0.1, -0.05) is 65.7 Å². The van der Waals surface area contributed by atoms with E-state index in [2.05, 4.69) is 5.32 Å². The molecule has 3 rings (SSSR count). The minimum absolute atomic E-state index is 0.171. The summed E-state index contributed by atoms with van der Waals surface area (Å²) in [6, 6.07) is 18.9. The number of amides is 1. The Bertz CT molecular complexity index is 1200. The van der Waals surface area contributed by atoms with Gasteiger partial charge in [0.1, 0.15) is 17.4 Å². The van der Waals surface area contributed by atoms with Crippen molar-refractivity contribution in [3.05, 3.63) is 87.9 Å². The topological polar surface area (TPSA) is 64.6 Å². The number of halogens is 2. The van der Waals surface area contributed by atoms with Gasteiger partial charge >= 0.3 is 6.09 Å². The molecule has 0 aromatic heterocycles. The van der Waals surface area contributed by atoms with E-state index in [1.165, 1.54) is 0 Å². The van der Waals surface area contributed by atoms with Crippen LogP contribution in [0.5, 0.6) is 5.75 Å². The molecule has 7 heteroatoms. The van der Waals surface area contributed by atoms with Gasteiger partial charge in [-0.2, -0.15) is 0 Å². The SMILES string of the molecule is CC(C)Oc1cc(-c2ccccc2)ccc1C(=O)C(NC(=O)OC(C)(C)C)c1ccc(Cl)c(Cl)c1. The molecule has 0 heterocycles. The molecule has 0 bridgehead atoms. The molecule has 184 valence electrons. The number of ketones is 1. The quantitative estimate of drug-likeness (QED) is 0.326. The largest absolute Gasteiger partial charge is 0.490 e. The summed E-state index contributed by atoms with van der Waals surface area (Å²) in [7, 11) is 0. The predicted molar refractivity (Wildman–Crippen MR) is 141 cm³/mol. The summed E-state index contributed by atoms with van der Waals surface area (Å²) in [6.07, 6.45) is -0.899. The Kier molecular flexibility index (Phi) is 8.47. The summed E-state index contributed by atoms with van der Waals surface area (Å²) in [5.74, 6) is 0.0481. The number of benzene rings is 3. The maximum absolute atomic E-state index is 13.9. The summed E-state index contributed by atoms with van der Waals surface area (Å²) >= 11 is 12.3. The van der Waals surface area contributed by atoms with Crippen molar-refractivity contribution in [1.29, 1.82) is 0 Å². The molecule has 5 nitrogen and oxygen atoms in total. The molecule has 0 fully saturated rings. The minimum atomic E-state index is -1.07. The van der Waals surface area contributed by atoms with E-state index in [1.807, 2.05) is 56.3 Å². The van der Waals surface area contributed by atoms with E-state index in [-0.39, 0.29) is 16.9 Å². The highest BCUT2D eigenvalue weighted by Crippen LogP contribution is 2.33. The van der Waals surface area contributed by atoms with Crippen molar-refractivity contribution in [2.45, 2.75) is 52.4 Å². The number of Topliss-reactive ketones (excluding diaryl/α,β-unsaturated/α-hetero) is 1. The number of alkyl carbamates (subject to hydrolysis) is 1. The summed E-state index contributed by atoms with van der Waals surface area (Å²) in [5.41, 5.74) is 1.96. The van der Waals surface area contributed by atoms with Crippen molar-refractivity contribution in [3.8, 4) is 16.9 Å². The summed E-state index contributed by atoms with van der Waals surface area (Å²) in [5, 5.41) is 3.31. The van der Waals surface area contributed by atoms with Gasteiger partial charge in [-0.05, 0) is 75.6 Å². The van der Waals surface area contributed by atoms with Crippen molar-refractivity contribution < 1.29 is 19.1 Å². The van der Waals surface area contributed by atoms with E-state index in [4.69, 9.17) is 32.7 Å². The first-order valence-corrected chi connectivity index (χ1v) is 12.0. The lowest BCUT2D eigenvalue weighted by Crippen LogP contribution is -2.38. The number of carbonyl (C=O) groups is 2. The van der Waals surface area contributed by atoms with Crippen LogP contribution in [0.1, 0.15) is 56.6 Å². The maximum atomic E-state index is 13.9. The third-order valence-corrected chi connectivity index (χ3v) is 5.66. The van der Waals surface area contributed by atoms with Crippen LogP contribution in [0.3, 0.4) is 0 Å². The first-order chi connectivity index (χ1) is 16.4. The molecule has 1 N–H and O–H groups in total. The average Bonchev–Trinajstić information content (AvgIpc) is 2.78. The van der Waals surface area contributed by atoms with Crippen LogP contribution in [0, 0.1) is 0 Å². The molecular formula is C28H29Cl2NO4. The zero-order valence-electron chi connectivity index (χ0n) is 20.4. The fourth-order valence-corrected chi connectivity index (χ4v) is 3.77. The highest BCUT2D eigenvalue weighted by atomic mass is 35.5. The molecule has 1 amide bonds. The normalized spacial score (nSPS) is 12.2. The van der Waals surface area contributed by atoms with Crippen LogP contribution in [-0.4, -0.2) is 23.6 Å². The van der Waals surface area contributed by atoms with E-state index >= 15 is 0 Å². The van der Waals surface area contributed by atoms with Gasteiger partial charge in [-0.3, -0.25) is 4.79 Å². The third-order valence-electron chi connectivity index (χ3n) is 4.92.